The minimum atomic E-state index is -1.43. The molecule has 1 rings (SSSR count). The molecule has 22 heavy (non-hydrogen) atoms. The first-order chi connectivity index (χ1) is 10.5. The molecule has 0 aromatic heterocycles. The second-order valence-electron chi connectivity index (χ2n) is 4.27. The number of carbonyl (C=O) groups excluding carboxylic acids is 3. The lowest BCUT2D eigenvalue weighted by Gasteiger charge is -2.16. The minimum Gasteiger partial charge on any atom is -0.465 e. The van der Waals surface area contributed by atoms with Crippen LogP contribution < -0.4 is 5.32 Å². The normalized spacial score (nSPS) is 11.4. The number of esters is 1. The average Bonchev–Trinajstić information content (AvgIpc) is 2.47. The summed E-state index contributed by atoms with van der Waals surface area (Å²) in [5, 5.41) is 13.3. The fourth-order valence-electron chi connectivity index (χ4n) is 1.91. The van der Waals surface area contributed by atoms with E-state index in [1.807, 2.05) is 0 Å². The Morgan fingerprint density at radius 1 is 1.41 bits per heavy atom. The van der Waals surface area contributed by atoms with Crippen molar-refractivity contribution < 1.29 is 24.0 Å². The van der Waals surface area contributed by atoms with Crippen LogP contribution in [0.3, 0.4) is 0 Å². The van der Waals surface area contributed by atoms with Gasteiger partial charge in [-0.2, -0.15) is 0 Å². The molecular formula is C14H16N2O6. The van der Waals surface area contributed by atoms with Crippen molar-refractivity contribution >= 4 is 23.9 Å². The molecule has 0 radical (unpaired) electrons. The van der Waals surface area contributed by atoms with Crippen molar-refractivity contribution in [1.82, 2.24) is 5.32 Å². The molecule has 0 spiro atoms. The van der Waals surface area contributed by atoms with Crippen molar-refractivity contribution in [2.75, 3.05) is 13.2 Å². The molecule has 8 heteroatoms. The smallest absolute Gasteiger partial charge is 0.323 e. The monoisotopic (exact) mass is 308 g/mol. The van der Waals surface area contributed by atoms with Crippen molar-refractivity contribution in [1.29, 1.82) is 0 Å². The van der Waals surface area contributed by atoms with Crippen LogP contribution >= 0.6 is 0 Å². The fraction of sp³-hybridized carbons (Fsp3) is 0.357. The van der Waals surface area contributed by atoms with Gasteiger partial charge >= 0.3 is 5.97 Å². The number of hydrogen-bond acceptors (Lipinski definition) is 6. The number of benzene rings is 1. The molecule has 118 valence electrons. The molecule has 0 fully saturated rings. The number of amides is 1. The topological polar surface area (TPSA) is 116 Å². The molecule has 0 heterocycles. The van der Waals surface area contributed by atoms with E-state index in [4.69, 9.17) is 4.74 Å². The number of rotatable bonds is 7. The summed E-state index contributed by atoms with van der Waals surface area (Å²) in [5.41, 5.74) is -0.345. The van der Waals surface area contributed by atoms with Crippen LogP contribution in [0.25, 0.3) is 0 Å². The number of hydrogen-bond donors (Lipinski definition) is 1. The Hall–Kier alpha value is -2.77. The number of nitro groups is 1. The third kappa shape index (κ3) is 3.87. The molecule has 0 saturated carbocycles. The van der Waals surface area contributed by atoms with Gasteiger partial charge in [0.1, 0.15) is 6.29 Å². The Kier molecular flexibility index (Phi) is 6.18. The minimum absolute atomic E-state index is 0.0231. The Bertz CT molecular complexity index is 581. The largest absolute Gasteiger partial charge is 0.465 e. The van der Waals surface area contributed by atoms with Crippen LogP contribution in [-0.2, 0) is 14.3 Å². The van der Waals surface area contributed by atoms with Gasteiger partial charge in [0.15, 0.2) is 5.92 Å². The SMILES string of the molecule is CCNC(=O)C(C(=O)OCC)c1cc([N+](=O)[O-])ccc1C=O. The summed E-state index contributed by atoms with van der Waals surface area (Å²) < 4.78 is 4.84. The van der Waals surface area contributed by atoms with Crippen LogP contribution in [0.2, 0.25) is 0 Å². The second kappa shape index (κ2) is 7.87. The van der Waals surface area contributed by atoms with Crippen molar-refractivity contribution in [3.63, 3.8) is 0 Å². The maximum Gasteiger partial charge on any atom is 0.323 e. The van der Waals surface area contributed by atoms with Crippen LogP contribution in [0.1, 0.15) is 35.7 Å². The zero-order valence-electron chi connectivity index (χ0n) is 12.2. The lowest BCUT2D eigenvalue weighted by Crippen LogP contribution is -2.35. The quantitative estimate of drug-likeness (QED) is 0.266. The molecule has 1 aromatic rings. The number of nitrogens with zero attached hydrogens (tertiary/aromatic N) is 1. The van der Waals surface area contributed by atoms with Gasteiger partial charge in [0.05, 0.1) is 11.5 Å². The van der Waals surface area contributed by atoms with Crippen molar-refractivity contribution in [2.45, 2.75) is 19.8 Å². The van der Waals surface area contributed by atoms with Gasteiger partial charge in [0, 0.05) is 24.2 Å². The molecular weight excluding hydrogens is 292 g/mol. The predicted molar refractivity (Wildman–Crippen MR) is 76.5 cm³/mol. The Labute approximate surface area is 126 Å². The van der Waals surface area contributed by atoms with E-state index in [2.05, 4.69) is 5.32 Å². The zero-order chi connectivity index (χ0) is 16.7. The standard InChI is InChI=1S/C14H16N2O6/c1-3-15-13(18)12(14(19)22-4-2)11-7-10(16(20)21)6-5-9(11)8-17/h5-8,12H,3-4H2,1-2H3,(H,15,18). The number of nitrogens with one attached hydrogen (secondary N) is 1. The summed E-state index contributed by atoms with van der Waals surface area (Å²) in [4.78, 5) is 45.5. The van der Waals surface area contributed by atoms with Gasteiger partial charge in [0.2, 0.25) is 5.91 Å². The third-order valence-electron chi connectivity index (χ3n) is 2.85. The lowest BCUT2D eigenvalue weighted by atomic mass is 9.93. The number of non-ortho nitro benzene ring substituents is 1. The highest BCUT2D eigenvalue weighted by Gasteiger charge is 2.32. The van der Waals surface area contributed by atoms with Crippen LogP contribution in [0.4, 0.5) is 5.69 Å². The molecule has 0 bridgehead atoms. The summed E-state index contributed by atoms with van der Waals surface area (Å²) in [5.74, 6) is -2.97. The number of aldehydes is 1. The molecule has 1 unspecified atom stereocenters. The second-order valence-corrected chi connectivity index (χ2v) is 4.27. The maximum atomic E-state index is 12.1. The van der Waals surface area contributed by atoms with Crippen molar-refractivity contribution in [3.8, 4) is 0 Å². The Morgan fingerprint density at radius 2 is 2.09 bits per heavy atom. The first kappa shape index (κ1) is 17.3. The van der Waals surface area contributed by atoms with Crippen LogP contribution in [0, 0.1) is 10.1 Å². The van der Waals surface area contributed by atoms with Crippen LogP contribution in [-0.4, -0.2) is 36.2 Å². The van der Waals surface area contributed by atoms with E-state index >= 15 is 0 Å². The molecule has 1 aromatic carbocycles. The van der Waals surface area contributed by atoms with Gasteiger partial charge in [0.25, 0.3) is 5.69 Å². The maximum absolute atomic E-state index is 12.1. The zero-order valence-corrected chi connectivity index (χ0v) is 12.2. The van der Waals surface area contributed by atoms with E-state index in [1.54, 1.807) is 13.8 Å². The molecule has 0 aliphatic rings. The van der Waals surface area contributed by atoms with Gasteiger partial charge in [-0.15, -0.1) is 0 Å². The molecule has 0 aliphatic heterocycles. The van der Waals surface area contributed by atoms with Gasteiger partial charge in [-0.1, -0.05) is 0 Å². The summed E-state index contributed by atoms with van der Waals surface area (Å²) in [7, 11) is 0. The van der Waals surface area contributed by atoms with Crippen molar-refractivity contribution in [3.05, 3.63) is 39.4 Å². The molecule has 1 amide bonds. The first-order valence-corrected chi connectivity index (χ1v) is 6.64. The van der Waals surface area contributed by atoms with Gasteiger partial charge in [-0.25, -0.2) is 0 Å². The highest BCUT2D eigenvalue weighted by atomic mass is 16.6. The van der Waals surface area contributed by atoms with E-state index in [0.717, 1.165) is 12.1 Å². The molecule has 8 nitrogen and oxygen atoms in total. The highest BCUT2D eigenvalue weighted by Crippen LogP contribution is 2.26. The molecule has 1 N–H and O–H groups in total. The van der Waals surface area contributed by atoms with E-state index in [1.165, 1.54) is 6.07 Å². The van der Waals surface area contributed by atoms with E-state index < -0.39 is 22.7 Å². The summed E-state index contributed by atoms with van der Waals surface area (Å²) in [6.07, 6.45) is 0.435. The van der Waals surface area contributed by atoms with Gasteiger partial charge in [-0.05, 0) is 25.5 Å². The first-order valence-electron chi connectivity index (χ1n) is 6.64. The number of carbonyl (C=O) groups is 3. The summed E-state index contributed by atoms with van der Waals surface area (Å²) >= 11 is 0. The van der Waals surface area contributed by atoms with E-state index in [-0.39, 0.29) is 30.0 Å². The number of ether oxygens (including phenoxy) is 1. The van der Waals surface area contributed by atoms with Crippen LogP contribution in [0.5, 0.6) is 0 Å². The fourth-order valence-corrected chi connectivity index (χ4v) is 1.91. The van der Waals surface area contributed by atoms with E-state index in [9.17, 15) is 24.5 Å². The van der Waals surface area contributed by atoms with Gasteiger partial charge in [-0.3, -0.25) is 24.5 Å². The van der Waals surface area contributed by atoms with Gasteiger partial charge < -0.3 is 10.1 Å². The molecule has 0 saturated heterocycles. The predicted octanol–water partition coefficient (Wildman–Crippen LogP) is 1.19. The summed E-state index contributed by atoms with van der Waals surface area (Å²) in [6, 6.07) is 3.37. The summed E-state index contributed by atoms with van der Waals surface area (Å²) in [6.45, 7) is 3.54. The Morgan fingerprint density at radius 3 is 2.59 bits per heavy atom. The third-order valence-corrected chi connectivity index (χ3v) is 2.85. The Balaban J connectivity index is 3.41. The molecule has 1 atom stereocenters. The highest BCUT2D eigenvalue weighted by molar-refractivity contribution is 6.05. The lowest BCUT2D eigenvalue weighted by molar-refractivity contribution is -0.384. The number of nitro benzene ring substituents is 1. The van der Waals surface area contributed by atoms with Crippen molar-refractivity contribution in [2.24, 2.45) is 0 Å². The average molecular weight is 308 g/mol. The van der Waals surface area contributed by atoms with E-state index in [0.29, 0.717) is 6.29 Å². The number of likely N-dealkylation sites (N-methyl/N-ethyl adjacent to an activating group) is 1. The molecule has 0 aliphatic carbocycles. The van der Waals surface area contributed by atoms with Crippen LogP contribution in [0.15, 0.2) is 18.2 Å².